The van der Waals surface area contributed by atoms with Crippen LogP contribution in [0.25, 0.3) is 0 Å². The van der Waals surface area contributed by atoms with E-state index in [1.54, 1.807) is 0 Å². The van der Waals surface area contributed by atoms with Gasteiger partial charge in [0.25, 0.3) is 0 Å². The highest BCUT2D eigenvalue weighted by Crippen LogP contribution is 2.30. The van der Waals surface area contributed by atoms with Crippen molar-refractivity contribution in [3.05, 3.63) is 28.2 Å². The average molecular weight is 323 g/mol. The van der Waals surface area contributed by atoms with E-state index < -0.39 is 0 Å². The fourth-order valence-electron chi connectivity index (χ4n) is 3.59. The van der Waals surface area contributed by atoms with Crippen molar-refractivity contribution < 1.29 is 0 Å². The molecule has 104 valence electrons. The number of aryl methyl sites for hydroxylation is 1. The van der Waals surface area contributed by atoms with Gasteiger partial charge in [-0.2, -0.15) is 0 Å². The quantitative estimate of drug-likeness (QED) is 0.775. The van der Waals surface area contributed by atoms with Crippen molar-refractivity contribution in [2.75, 3.05) is 24.5 Å². The molecule has 0 amide bonds. The van der Waals surface area contributed by atoms with E-state index in [1.165, 1.54) is 54.6 Å². The second kappa shape index (κ2) is 5.45. The van der Waals surface area contributed by atoms with Crippen molar-refractivity contribution in [2.24, 2.45) is 0 Å². The monoisotopic (exact) mass is 322 g/mol. The Bertz CT molecular complexity index is 440. The van der Waals surface area contributed by atoms with Crippen molar-refractivity contribution in [3.8, 4) is 0 Å². The number of nitrogens with zero attached hydrogens (tertiary/aromatic N) is 2. The van der Waals surface area contributed by atoms with Crippen molar-refractivity contribution >= 4 is 21.6 Å². The van der Waals surface area contributed by atoms with Crippen LogP contribution in [0, 0.1) is 6.92 Å². The predicted octanol–water partition coefficient (Wildman–Crippen LogP) is 3.82. The smallest absolute Gasteiger partial charge is 0.0389 e. The number of rotatable bonds is 1. The molecule has 2 nitrogen and oxygen atoms in total. The Labute approximate surface area is 124 Å². The van der Waals surface area contributed by atoms with Crippen molar-refractivity contribution in [1.29, 1.82) is 0 Å². The molecule has 0 aliphatic carbocycles. The summed E-state index contributed by atoms with van der Waals surface area (Å²) in [6.45, 7) is 8.25. The Hall–Kier alpha value is -0.540. The second-order valence-electron chi connectivity index (χ2n) is 6.13. The lowest BCUT2D eigenvalue weighted by Gasteiger charge is -2.48. The largest absolute Gasteiger partial charge is 0.366 e. The zero-order valence-electron chi connectivity index (χ0n) is 11.9. The number of benzene rings is 1. The molecule has 2 heterocycles. The van der Waals surface area contributed by atoms with Crippen LogP contribution in [0.2, 0.25) is 0 Å². The van der Waals surface area contributed by atoms with E-state index >= 15 is 0 Å². The summed E-state index contributed by atoms with van der Waals surface area (Å²) in [5.41, 5.74) is 2.72. The van der Waals surface area contributed by atoms with Crippen LogP contribution < -0.4 is 4.90 Å². The van der Waals surface area contributed by atoms with Gasteiger partial charge in [-0.25, -0.2) is 0 Å². The van der Waals surface area contributed by atoms with Gasteiger partial charge in [0.2, 0.25) is 0 Å². The zero-order valence-corrected chi connectivity index (χ0v) is 13.5. The van der Waals surface area contributed by atoms with Gasteiger partial charge in [0.1, 0.15) is 0 Å². The van der Waals surface area contributed by atoms with Crippen LogP contribution in [0.15, 0.2) is 22.7 Å². The highest BCUT2D eigenvalue weighted by atomic mass is 79.9. The number of anilines is 1. The van der Waals surface area contributed by atoms with Gasteiger partial charge in [0.05, 0.1) is 0 Å². The Morgan fingerprint density at radius 2 is 2.00 bits per heavy atom. The van der Waals surface area contributed by atoms with E-state index in [4.69, 9.17) is 0 Å². The molecular formula is C16H23BrN2. The minimum atomic E-state index is 0.614. The third kappa shape index (κ3) is 2.82. The van der Waals surface area contributed by atoms with Crippen molar-refractivity contribution in [2.45, 2.75) is 45.2 Å². The third-order valence-corrected chi connectivity index (χ3v) is 5.00. The molecule has 3 heteroatoms. The molecule has 0 N–H and O–H groups in total. The van der Waals surface area contributed by atoms with Crippen LogP contribution in [0.3, 0.4) is 0 Å². The van der Waals surface area contributed by atoms with E-state index in [0.717, 1.165) is 6.04 Å². The normalized spacial score (nSPS) is 28.3. The van der Waals surface area contributed by atoms with Crippen LogP contribution >= 0.6 is 15.9 Å². The van der Waals surface area contributed by atoms with Crippen LogP contribution in [-0.4, -0.2) is 36.6 Å². The van der Waals surface area contributed by atoms with Crippen LogP contribution in [-0.2, 0) is 0 Å². The maximum absolute atomic E-state index is 3.63. The van der Waals surface area contributed by atoms with Gasteiger partial charge in [-0.15, -0.1) is 0 Å². The topological polar surface area (TPSA) is 6.48 Å². The standard InChI is InChI=1S/C16H23BrN2/c1-12-7-14(17)9-16(8-12)19-11-15-5-3-4-6-18(15)10-13(19)2/h7-9,13,15H,3-6,10-11H2,1-2H3. The summed E-state index contributed by atoms with van der Waals surface area (Å²) in [5.74, 6) is 0. The van der Waals surface area contributed by atoms with Gasteiger partial charge >= 0.3 is 0 Å². The first kappa shape index (κ1) is 13.4. The lowest BCUT2D eigenvalue weighted by Crippen LogP contribution is -2.58. The van der Waals surface area contributed by atoms with E-state index in [9.17, 15) is 0 Å². The van der Waals surface area contributed by atoms with Crippen LogP contribution in [0.4, 0.5) is 5.69 Å². The van der Waals surface area contributed by atoms with Gasteiger partial charge in [-0.1, -0.05) is 22.4 Å². The summed E-state index contributed by atoms with van der Waals surface area (Å²) in [4.78, 5) is 5.31. The average Bonchev–Trinajstić information content (AvgIpc) is 2.36. The molecule has 2 saturated heterocycles. The molecule has 0 spiro atoms. The summed E-state index contributed by atoms with van der Waals surface area (Å²) in [5, 5.41) is 0. The molecule has 2 fully saturated rings. The summed E-state index contributed by atoms with van der Waals surface area (Å²) in [7, 11) is 0. The fourth-order valence-corrected chi connectivity index (χ4v) is 4.19. The maximum atomic E-state index is 3.63. The first-order chi connectivity index (χ1) is 9.13. The molecule has 0 saturated carbocycles. The summed E-state index contributed by atoms with van der Waals surface area (Å²) in [6, 6.07) is 8.15. The first-order valence-corrected chi connectivity index (χ1v) is 8.20. The molecule has 1 aromatic carbocycles. The van der Waals surface area contributed by atoms with E-state index in [0.29, 0.717) is 6.04 Å². The summed E-state index contributed by atoms with van der Waals surface area (Å²) >= 11 is 3.63. The van der Waals surface area contributed by atoms with Gasteiger partial charge in [-0.3, -0.25) is 4.90 Å². The number of hydrogen-bond acceptors (Lipinski definition) is 2. The fraction of sp³-hybridized carbons (Fsp3) is 0.625. The molecular weight excluding hydrogens is 300 g/mol. The second-order valence-corrected chi connectivity index (χ2v) is 7.05. The van der Waals surface area contributed by atoms with Crippen molar-refractivity contribution in [3.63, 3.8) is 0 Å². The molecule has 0 radical (unpaired) electrons. The molecule has 2 unspecified atom stereocenters. The highest BCUT2D eigenvalue weighted by Gasteiger charge is 2.33. The SMILES string of the molecule is Cc1cc(Br)cc(N2CC3CCCCN3CC2C)c1. The molecule has 1 aromatic rings. The highest BCUT2D eigenvalue weighted by molar-refractivity contribution is 9.10. The van der Waals surface area contributed by atoms with Crippen LogP contribution in [0.5, 0.6) is 0 Å². The molecule has 2 atom stereocenters. The van der Waals surface area contributed by atoms with E-state index in [2.05, 4.69) is 57.8 Å². The molecule has 2 aliphatic heterocycles. The number of hydrogen-bond donors (Lipinski definition) is 0. The Morgan fingerprint density at radius 1 is 1.16 bits per heavy atom. The first-order valence-electron chi connectivity index (χ1n) is 7.41. The lowest BCUT2D eigenvalue weighted by molar-refractivity contribution is 0.115. The lowest BCUT2D eigenvalue weighted by atomic mass is 9.96. The predicted molar refractivity (Wildman–Crippen MR) is 84.9 cm³/mol. The third-order valence-electron chi connectivity index (χ3n) is 4.55. The summed E-state index contributed by atoms with van der Waals surface area (Å²) in [6.07, 6.45) is 4.16. The molecule has 2 aliphatic rings. The number of piperidine rings is 1. The van der Waals surface area contributed by atoms with E-state index in [-0.39, 0.29) is 0 Å². The Kier molecular flexibility index (Phi) is 3.86. The van der Waals surface area contributed by atoms with Gasteiger partial charge in [-0.05, 0) is 57.0 Å². The molecule has 3 rings (SSSR count). The number of piperazine rings is 1. The minimum absolute atomic E-state index is 0.614. The van der Waals surface area contributed by atoms with Crippen LogP contribution in [0.1, 0.15) is 31.7 Å². The number of fused-ring (bicyclic) bond motifs is 1. The molecule has 0 bridgehead atoms. The van der Waals surface area contributed by atoms with E-state index in [1.807, 2.05) is 0 Å². The van der Waals surface area contributed by atoms with Gasteiger partial charge in [0.15, 0.2) is 0 Å². The minimum Gasteiger partial charge on any atom is -0.366 e. The summed E-state index contributed by atoms with van der Waals surface area (Å²) < 4.78 is 1.20. The number of halogens is 1. The molecule has 0 aromatic heterocycles. The van der Waals surface area contributed by atoms with Crippen molar-refractivity contribution in [1.82, 2.24) is 4.90 Å². The Morgan fingerprint density at radius 3 is 2.79 bits per heavy atom. The molecule has 19 heavy (non-hydrogen) atoms. The van der Waals surface area contributed by atoms with Gasteiger partial charge < -0.3 is 4.90 Å². The Balaban J connectivity index is 1.83. The zero-order chi connectivity index (χ0) is 13.4. The maximum Gasteiger partial charge on any atom is 0.0389 e. The van der Waals surface area contributed by atoms with Gasteiger partial charge in [0, 0.05) is 35.3 Å².